The Morgan fingerprint density at radius 3 is 1.06 bits per heavy atom. The van der Waals surface area contributed by atoms with Gasteiger partial charge in [-0.05, 0) is 12.3 Å². The van der Waals surface area contributed by atoms with E-state index in [-0.39, 0.29) is 0 Å². The van der Waals surface area contributed by atoms with E-state index in [1.165, 1.54) is 161 Å². The molecule has 1 heteroatoms. The number of rotatable bonds is 29. The summed E-state index contributed by atoms with van der Waals surface area (Å²) in [5.74, 6) is 1.40. The van der Waals surface area contributed by atoms with Gasteiger partial charge in [-0.3, -0.25) is 4.79 Å². The molecule has 0 aliphatic rings. The van der Waals surface area contributed by atoms with Crippen LogP contribution in [0, 0.1) is 5.92 Å². The maximum atomic E-state index is 11.3. The highest BCUT2D eigenvalue weighted by Gasteiger charge is 2.02. The molecule has 0 bridgehead atoms. The maximum absolute atomic E-state index is 11.3. The van der Waals surface area contributed by atoms with Gasteiger partial charge in [0.05, 0.1) is 0 Å². The standard InChI is InChI=1S/C33H66O/c1-4-6-7-8-20-23-26-29-32(3)30-27-24-21-18-16-14-12-10-9-11-13-15-17-19-22-25-28-31-33(34)5-2/h32H,4-31H2,1-3H3/t32-/m0/s1. The topological polar surface area (TPSA) is 17.1 Å². The lowest BCUT2D eigenvalue weighted by atomic mass is 9.95. The summed E-state index contributed by atoms with van der Waals surface area (Å²) in [6, 6.07) is 0. The summed E-state index contributed by atoms with van der Waals surface area (Å²) < 4.78 is 0. The molecule has 1 nitrogen and oxygen atoms in total. The Morgan fingerprint density at radius 1 is 0.441 bits per heavy atom. The van der Waals surface area contributed by atoms with Crippen molar-refractivity contribution in [3.05, 3.63) is 0 Å². The highest BCUT2D eigenvalue weighted by molar-refractivity contribution is 5.77. The van der Waals surface area contributed by atoms with Crippen LogP contribution in [0.15, 0.2) is 0 Å². The van der Waals surface area contributed by atoms with Crippen molar-refractivity contribution < 1.29 is 4.79 Å². The molecule has 204 valence electrons. The van der Waals surface area contributed by atoms with Gasteiger partial charge in [-0.25, -0.2) is 0 Å². The summed E-state index contributed by atoms with van der Waals surface area (Å²) in [5, 5.41) is 0. The molecule has 0 rings (SSSR count). The predicted molar refractivity (Wildman–Crippen MR) is 155 cm³/mol. The van der Waals surface area contributed by atoms with Crippen LogP contribution in [0.1, 0.15) is 201 Å². The first-order valence-corrected chi connectivity index (χ1v) is 16.2. The van der Waals surface area contributed by atoms with Crippen LogP contribution in [-0.4, -0.2) is 5.78 Å². The first-order valence-electron chi connectivity index (χ1n) is 16.2. The Kier molecular flexibility index (Phi) is 28.6. The van der Waals surface area contributed by atoms with E-state index >= 15 is 0 Å². The van der Waals surface area contributed by atoms with Gasteiger partial charge in [0.1, 0.15) is 5.78 Å². The molecular weight excluding hydrogens is 412 g/mol. The van der Waals surface area contributed by atoms with Gasteiger partial charge in [-0.1, -0.05) is 181 Å². The van der Waals surface area contributed by atoms with Crippen LogP contribution in [0.4, 0.5) is 0 Å². The summed E-state index contributed by atoms with van der Waals surface area (Å²) in [6.45, 7) is 6.76. The normalized spacial score (nSPS) is 12.3. The second-order valence-corrected chi connectivity index (χ2v) is 11.5. The van der Waals surface area contributed by atoms with Crippen molar-refractivity contribution in [2.24, 2.45) is 5.92 Å². The van der Waals surface area contributed by atoms with E-state index in [0.29, 0.717) is 5.78 Å². The zero-order valence-corrected chi connectivity index (χ0v) is 24.3. The molecule has 0 saturated heterocycles. The third kappa shape index (κ3) is 27.9. The van der Waals surface area contributed by atoms with Gasteiger partial charge < -0.3 is 0 Å². The molecule has 0 aliphatic carbocycles. The predicted octanol–water partition coefficient (Wildman–Crippen LogP) is 12.2. The highest BCUT2D eigenvalue weighted by atomic mass is 16.1. The van der Waals surface area contributed by atoms with E-state index in [1.54, 1.807) is 0 Å². The molecule has 0 N–H and O–H groups in total. The number of carbonyl (C=O) groups is 1. The fraction of sp³-hybridized carbons (Fsp3) is 0.970. The Labute approximate surface area is 217 Å². The first-order chi connectivity index (χ1) is 16.7. The van der Waals surface area contributed by atoms with Crippen molar-refractivity contribution in [2.45, 2.75) is 201 Å². The second-order valence-electron chi connectivity index (χ2n) is 11.5. The van der Waals surface area contributed by atoms with Gasteiger partial charge in [-0.15, -0.1) is 0 Å². The molecule has 0 saturated carbocycles. The fourth-order valence-corrected chi connectivity index (χ4v) is 5.24. The third-order valence-electron chi connectivity index (χ3n) is 7.85. The molecular formula is C33H66O. The number of unbranched alkanes of at least 4 members (excludes halogenated alkanes) is 22. The average Bonchev–Trinajstić information content (AvgIpc) is 2.84. The Hall–Kier alpha value is -0.330. The van der Waals surface area contributed by atoms with Gasteiger partial charge in [0, 0.05) is 12.8 Å². The molecule has 0 aromatic carbocycles. The van der Waals surface area contributed by atoms with E-state index < -0.39 is 0 Å². The number of hydrogen-bond donors (Lipinski definition) is 0. The smallest absolute Gasteiger partial charge is 0.132 e. The molecule has 0 radical (unpaired) electrons. The molecule has 0 aromatic heterocycles. The van der Waals surface area contributed by atoms with E-state index in [2.05, 4.69) is 13.8 Å². The summed E-state index contributed by atoms with van der Waals surface area (Å²) in [7, 11) is 0. The van der Waals surface area contributed by atoms with E-state index in [1.807, 2.05) is 6.92 Å². The van der Waals surface area contributed by atoms with Gasteiger partial charge in [-0.2, -0.15) is 0 Å². The van der Waals surface area contributed by atoms with Crippen LogP contribution in [-0.2, 0) is 4.79 Å². The van der Waals surface area contributed by atoms with Crippen molar-refractivity contribution in [3.8, 4) is 0 Å². The van der Waals surface area contributed by atoms with Gasteiger partial charge in [0.15, 0.2) is 0 Å². The van der Waals surface area contributed by atoms with Crippen LogP contribution in [0.5, 0.6) is 0 Å². The number of hydrogen-bond acceptors (Lipinski definition) is 1. The Bertz CT molecular complexity index is 388. The minimum Gasteiger partial charge on any atom is -0.300 e. The van der Waals surface area contributed by atoms with Crippen LogP contribution in [0.3, 0.4) is 0 Å². The molecule has 0 aromatic rings. The van der Waals surface area contributed by atoms with E-state index in [9.17, 15) is 4.79 Å². The lowest BCUT2D eigenvalue weighted by Crippen LogP contribution is -1.95. The van der Waals surface area contributed by atoms with Gasteiger partial charge in [0.25, 0.3) is 0 Å². The highest BCUT2D eigenvalue weighted by Crippen LogP contribution is 2.19. The quantitative estimate of drug-likeness (QED) is 0.0976. The molecule has 0 amide bonds. The van der Waals surface area contributed by atoms with Crippen molar-refractivity contribution in [1.29, 1.82) is 0 Å². The summed E-state index contributed by atoms with van der Waals surface area (Å²) in [4.78, 5) is 11.3. The summed E-state index contributed by atoms with van der Waals surface area (Å²) in [5.41, 5.74) is 0. The van der Waals surface area contributed by atoms with Crippen LogP contribution >= 0.6 is 0 Å². The minimum absolute atomic E-state index is 0.439. The van der Waals surface area contributed by atoms with Crippen molar-refractivity contribution in [2.75, 3.05) is 0 Å². The molecule has 0 fully saturated rings. The minimum atomic E-state index is 0.439. The van der Waals surface area contributed by atoms with Crippen LogP contribution in [0.25, 0.3) is 0 Å². The van der Waals surface area contributed by atoms with Crippen molar-refractivity contribution >= 4 is 5.78 Å². The van der Waals surface area contributed by atoms with E-state index in [0.717, 1.165) is 25.2 Å². The zero-order chi connectivity index (χ0) is 25.0. The van der Waals surface area contributed by atoms with Gasteiger partial charge in [0.2, 0.25) is 0 Å². The van der Waals surface area contributed by atoms with Crippen molar-refractivity contribution in [1.82, 2.24) is 0 Å². The van der Waals surface area contributed by atoms with E-state index in [4.69, 9.17) is 0 Å². The number of carbonyl (C=O) groups excluding carboxylic acids is 1. The number of Topliss-reactive ketones (excluding diaryl/α,β-unsaturated/α-hetero) is 1. The van der Waals surface area contributed by atoms with Crippen molar-refractivity contribution in [3.63, 3.8) is 0 Å². The Balaban J connectivity index is 3.12. The second kappa shape index (κ2) is 28.9. The fourth-order valence-electron chi connectivity index (χ4n) is 5.24. The molecule has 0 unspecified atom stereocenters. The summed E-state index contributed by atoms with van der Waals surface area (Å²) >= 11 is 0. The largest absolute Gasteiger partial charge is 0.300 e. The molecule has 1 atom stereocenters. The Morgan fingerprint density at radius 2 is 0.735 bits per heavy atom. The lowest BCUT2D eigenvalue weighted by Gasteiger charge is -2.11. The zero-order valence-electron chi connectivity index (χ0n) is 24.3. The third-order valence-corrected chi connectivity index (χ3v) is 7.85. The lowest BCUT2D eigenvalue weighted by molar-refractivity contribution is -0.118. The van der Waals surface area contributed by atoms with Crippen LogP contribution < -0.4 is 0 Å². The SMILES string of the molecule is CCCCCCCCC[C@H](C)CCCCCCCCCCCCCCCCCCCC(=O)CC. The van der Waals surface area contributed by atoms with Gasteiger partial charge >= 0.3 is 0 Å². The monoisotopic (exact) mass is 479 g/mol. The summed E-state index contributed by atoms with van der Waals surface area (Å²) in [6.07, 6.45) is 38.6. The van der Waals surface area contributed by atoms with Crippen LogP contribution in [0.2, 0.25) is 0 Å². The molecule has 0 heterocycles. The molecule has 0 aliphatic heterocycles. The average molecular weight is 479 g/mol. The molecule has 0 spiro atoms. The first kappa shape index (κ1) is 33.7. The molecule has 34 heavy (non-hydrogen) atoms. The maximum Gasteiger partial charge on any atom is 0.132 e. The number of ketones is 1.